The molecule has 98 valence electrons. The number of esters is 1. The van der Waals surface area contributed by atoms with Gasteiger partial charge in [-0.2, -0.15) is 5.10 Å². The van der Waals surface area contributed by atoms with E-state index in [-0.39, 0.29) is 12.6 Å². The number of rotatable bonds is 5. The molecule has 0 bridgehead atoms. The Hall–Kier alpha value is -1.63. The summed E-state index contributed by atoms with van der Waals surface area (Å²) in [4.78, 5) is 23.0. The smallest absolute Gasteiger partial charge is 0.327 e. The number of hydrogen-bond acceptors (Lipinski definition) is 5. The van der Waals surface area contributed by atoms with E-state index in [1.165, 1.54) is 13.3 Å². The van der Waals surface area contributed by atoms with Gasteiger partial charge < -0.3 is 10.1 Å². The maximum Gasteiger partial charge on any atom is 0.327 e. The van der Waals surface area contributed by atoms with Gasteiger partial charge >= 0.3 is 5.97 Å². The topological polar surface area (TPSA) is 73.2 Å². The lowest BCUT2D eigenvalue weighted by atomic mass is 10.3. The second-order valence-corrected chi connectivity index (χ2v) is 4.37. The van der Waals surface area contributed by atoms with E-state index >= 15 is 0 Å². The summed E-state index contributed by atoms with van der Waals surface area (Å²) in [6.07, 6.45) is 3.17. The number of halogens is 1. The van der Waals surface area contributed by atoms with Crippen molar-refractivity contribution in [3.63, 3.8) is 0 Å². The molecule has 1 aromatic rings. The van der Waals surface area contributed by atoms with Crippen LogP contribution in [-0.2, 0) is 16.1 Å². The van der Waals surface area contributed by atoms with Crippen LogP contribution >= 0.6 is 15.9 Å². The lowest BCUT2D eigenvalue weighted by Gasteiger charge is -2.12. The van der Waals surface area contributed by atoms with Gasteiger partial charge in [-0.1, -0.05) is 6.08 Å². The summed E-state index contributed by atoms with van der Waals surface area (Å²) in [5.74, 6) is -0.531. The van der Waals surface area contributed by atoms with Crippen molar-refractivity contribution in [3.05, 3.63) is 33.7 Å². The van der Waals surface area contributed by atoms with E-state index < -0.39 is 11.5 Å². The Morgan fingerprint density at radius 1 is 1.78 bits per heavy atom. The number of methoxy groups -OCH3 is 1. The summed E-state index contributed by atoms with van der Waals surface area (Å²) in [7, 11) is 1.25. The van der Waals surface area contributed by atoms with Gasteiger partial charge in [0.15, 0.2) is 0 Å². The number of carbonyl (C=O) groups excluding carboxylic acids is 1. The van der Waals surface area contributed by atoms with Crippen molar-refractivity contribution in [2.45, 2.75) is 19.5 Å². The highest BCUT2D eigenvalue weighted by molar-refractivity contribution is 9.10. The van der Waals surface area contributed by atoms with Crippen LogP contribution in [0.25, 0.3) is 0 Å². The summed E-state index contributed by atoms with van der Waals surface area (Å²) < 4.78 is 5.82. The Kier molecular flexibility index (Phi) is 5.08. The van der Waals surface area contributed by atoms with Crippen LogP contribution in [0.3, 0.4) is 0 Å². The van der Waals surface area contributed by atoms with E-state index in [4.69, 9.17) is 0 Å². The molecule has 0 aliphatic carbocycles. The molecule has 0 aliphatic rings. The fourth-order valence-corrected chi connectivity index (χ4v) is 1.59. The molecular weight excluding hydrogens is 302 g/mol. The van der Waals surface area contributed by atoms with Crippen LogP contribution in [0.4, 0.5) is 5.69 Å². The highest BCUT2D eigenvalue weighted by atomic mass is 79.9. The second kappa shape index (κ2) is 6.34. The molecule has 1 aromatic heterocycles. The molecule has 18 heavy (non-hydrogen) atoms. The number of carbonyl (C=O) groups is 1. The largest absolute Gasteiger partial charge is 0.468 e. The summed E-state index contributed by atoms with van der Waals surface area (Å²) >= 11 is 3.18. The zero-order valence-corrected chi connectivity index (χ0v) is 11.7. The molecule has 0 saturated carbocycles. The van der Waals surface area contributed by atoms with Crippen molar-refractivity contribution in [2.75, 3.05) is 12.4 Å². The van der Waals surface area contributed by atoms with Crippen molar-refractivity contribution < 1.29 is 9.53 Å². The second-order valence-electron chi connectivity index (χ2n) is 3.58. The van der Waals surface area contributed by atoms with Crippen LogP contribution in [0.5, 0.6) is 0 Å². The monoisotopic (exact) mass is 315 g/mol. The lowest BCUT2D eigenvalue weighted by molar-refractivity contribution is -0.141. The molecule has 7 heteroatoms. The van der Waals surface area contributed by atoms with Crippen LogP contribution in [0, 0.1) is 0 Å². The van der Waals surface area contributed by atoms with Crippen molar-refractivity contribution in [1.29, 1.82) is 0 Å². The average Bonchev–Trinajstić information content (AvgIpc) is 2.37. The molecule has 0 radical (unpaired) electrons. The zero-order chi connectivity index (χ0) is 13.7. The molecule has 6 nitrogen and oxygen atoms in total. The van der Waals surface area contributed by atoms with E-state index in [1.807, 2.05) is 6.92 Å². The quantitative estimate of drug-likeness (QED) is 0.652. The Labute approximate surface area is 113 Å². The molecule has 1 heterocycles. The van der Waals surface area contributed by atoms with Crippen molar-refractivity contribution >= 4 is 27.6 Å². The molecule has 1 atom stereocenters. The first kappa shape index (κ1) is 14.4. The Bertz CT molecular complexity index is 513. The van der Waals surface area contributed by atoms with Crippen molar-refractivity contribution in [2.24, 2.45) is 0 Å². The van der Waals surface area contributed by atoms with Crippen molar-refractivity contribution in [1.82, 2.24) is 9.78 Å². The highest BCUT2D eigenvalue weighted by Crippen LogP contribution is 2.17. The minimum absolute atomic E-state index is 0.000966. The first-order chi connectivity index (χ1) is 8.49. The lowest BCUT2D eigenvalue weighted by Crippen LogP contribution is -2.29. The number of aromatic nitrogens is 2. The Morgan fingerprint density at radius 2 is 2.44 bits per heavy atom. The number of nitrogens with zero attached hydrogens (tertiary/aromatic N) is 2. The van der Waals surface area contributed by atoms with Gasteiger partial charge in [0.1, 0.15) is 11.0 Å². The molecule has 0 amide bonds. The SMILES string of the molecule is C=CC(C)Nc1cnn(CC(=O)OC)c(=O)c1Br. The minimum Gasteiger partial charge on any atom is -0.468 e. The van der Waals surface area contributed by atoms with Gasteiger partial charge in [0, 0.05) is 6.04 Å². The van der Waals surface area contributed by atoms with Crippen LogP contribution in [0.1, 0.15) is 6.92 Å². The van der Waals surface area contributed by atoms with Gasteiger partial charge in [-0.15, -0.1) is 6.58 Å². The molecule has 0 saturated heterocycles. The molecule has 1 rings (SSSR count). The summed E-state index contributed by atoms with van der Waals surface area (Å²) in [6.45, 7) is 5.31. The first-order valence-corrected chi connectivity index (χ1v) is 6.00. The van der Waals surface area contributed by atoms with E-state index in [2.05, 4.69) is 37.7 Å². The van der Waals surface area contributed by atoms with Gasteiger partial charge in [-0.25, -0.2) is 4.68 Å². The fraction of sp³-hybridized carbons (Fsp3) is 0.364. The Balaban J connectivity index is 3.01. The van der Waals surface area contributed by atoms with E-state index in [0.29, 0.717) is 10.2 Å². The predicted molar refractivity (Wildman–Crippen MR) is 71.5 cm³/mol. The number of anilines is 1. The van der Waals surface area contributed by atoms with Crippen molar-refractivity contribution in [3.8, 4) is 0 Å². The summed E-state index contributed by atoms with van der Waals surface area (Å²) in [5, 5.41) is 6.93. The third-order valence-corrected chi connectivity index (χ3v) is 2.99. The van der Waals surface area contributed by atoms with Crippen LogP contribution < -0.4 is 10.9 Å². The zero-order valence-electron chi connectivity index (χ0n) is 10.1. The van der Waals surface area contributed by atoms with Crippen LogP contribution in [0.2, 0.25) is 0 Å². The average molecular weight is 316 g/mol. The number of hydrogen-bond donors (Lipinski definition) is 1. The number of nitrogens with one attached hydrogen (secondary N) is 1. The highest BCUT2D eigenvalue weighted by Gasteiger charge is 2.12. The normalized spacial score (nSPS) is 11.7. The first-order valence-electron chi connectivity index (χ1n) is 5.21. The van der Waals surface area contributed by atoms with Gasteiger partial charge in [0.25, 0.3) is 5.56 Å². The summed E-state index contributed by atoms with van der Waals surface area (Å²) in [6, 6.07) is -0.000966. The molecule has 0 spiro atoms. The van der Waals surface area contributed by atoms with E-state index in [9.17, 15) is 9.59 Å². The third kappa shape index (κ3) is 3.43. The fourth-order valence-electron chi connectivity index (χ4n) is 1.17. The molecule has 0 fully saturated rings. The molecule has 1 N–H and O–H groups in total. The minimum atomic E-state index is -0.531. The standard InChI is InChI=1S/C11H14BrN3O3/c1-4-7(2)14-8-5-13-15(6-9(16)18-3)11(17)10(8)12/h4-5,7,14H,1,6H2,2-3H3. The molecule has 1 unspecified atom stereocenters. The third-order valence-electron chi connectivity index (χ3n) is 2.23. The van der Waals surface area contributed by atoms with E-state index in [0.717, 1.165) is 4.68 Å². The van der Waals surface area contributed by atoms with Crippen LogP contribution in [0.15, 0.2) is 28.1 Å². The molecular formula is C11H14BrN3O3. The Morgan fingerprint density at radius 3 is 3.00 bits per heavy atom. The number of ether oxygens (including phenoxy) is 1. The van der Waals surface area contributed by atoms with Gasteiger partial charge in [0.2, 0.25) is 0 Å². The van der Waals surface area contributed by atoms with Gasteiger partial charge in [0.05, 0.1) is 19.0 Å². The van der Waals surface area contributed by atoms with Crippen LogP contribution in [-0.4, -0.2) is 28.9 Å². The molecule has 0 aliphatic heterocycles. The maximum absolute atomic E-state index is 11.9. The molecule has 0 aromatic carbocycles. The van der Waals surface area contributed by atoms with E-state index in [1.54, 1.807) is 6.08 Å². The summed E-state index contributed by atoms with van der Waals surface area (Å²) in [5.41, 5.74) is 0.148. The maximum atomic E-state index is 11.9. The van der Waals surface area contributed by atoms with Gasteiger partial charge in [-0.3, -0.25) is 9.59 Å². The predicted octanol–water partition coefficient (Wildman–Crippen LogP) is 1.17. The van der Waals surface area contributed by atoms with Gasteiger partial charge in [-0.05, 0) is 22.9 Å².